The third-order valence-corrected chi connectivity index (χ3v) is 5.05. The number of aromatic nitrogens is 2. The minimum absolute atomic E-state index is 0.179. The second-order valence-corrected chi connectivity index (χ2v) is 7.21. The number of nitrogens with zero attached hydrogens (tertiary/aromatic N) is 2. The Morgan fingerprint density at radius 3 is 2.50 bits per heavy atom. The molecule has 0 amide bonds. The quantitative estimate of drug-likeness (QED) is 0.493. The van der Waals surface area contributed by atoms with Crippen molar-refractivity contribution < 1.29 is 14.6 Å². The number of hydrogen-bond donors (Lipinski definition) is 1. The van der Waals surface area contributed by atoms with E-state index in [1.165, 1.54) is 6.07 Å². The van der Waals surface area contributed by atoms with Gasteiger partial charge in [0.1, 0.15) is 5.75 Å². The molecule has 0 radical (unpaired) electrons. The molecule has 0 atom stereocenters. The number of ether oxygens (including phenoxy) is 1. The molecule has 4 aromatic rings. The summed E-state index contributed by atoms with van der Waals surface area (Å²) in [6, 6.07) is 19.1. The molecule has 152 valence electrons. The zero-order valence-corrected chi connectivity index (χ0v) is 17.0. The van der Waals surface area contributed by atoms with Gasteiger partial charge in [0.2, 0.25) is 0 Å². The summed E-state index contributed by atoms with van der Waals surface area (Å²) < 4.78 is 8.70. The summed E-state index contributed by atoms with van der Waals surface area (Å²) >= 11 is 6.21. The van der Waals surface area contributed by atoms with Gasteiger partial charge in [-0.2, -0.15) is 0 Å². The Bertz CT molecular complexity index is 1290. The van der Waals surface area contributed by atoms with Crippen molar-refractivity contribution >= 4 is 28.6 Å². The van der Waals surface area contributed by atoms with Crippen LogP contribution in [-0.4, -0.2) is 26.8 Å². The number of imidazole rings is 1. The van der Waals surface area contributed by atoms with Gasteiger partial charge in [-0.05, 0) is 67.1 Å². The molecule has 0 aliphatic carbocycles. The van der Waals surface area contributed by atoms with Crippen LogP contribution in [0.1, 0.15) is 22.8 Å². The average molecular weight is 423 g/mol. The van der Waals surface area contributed by atoms with Crippen LogP contribution in [0.2, 0.25) is 5.02 Å². The molecule has 1 aromatic heterocycles. The number of hydrogen-bond acceptors (Lipinski definition) is 3. The second kappa shape index (κ2) is 8.08. The number of carbonyl (C=O) groups is 1. The van der Waals surface area contributed by atoms with Crippen LogP contribution in [0.25, 0.3) is 16.7 Å². The van der Waals surface area contributed by atoms with E-state index < -0.39 is 5.97 Å². The standard InChI is InChI=1S/C23H19ClN2O4/c1-2-30-19-9-7-18(8-10-19)26-21-13-17(24)6-11-20(21)25(23(26)29)14-15-4-3-5-16(12-15)22(27)28/h3-13H,2,14H2,1H3,(H,27,28). The first-order valence-electron chi connectivity index (χ1n) is 9.44. The Balaban J connectivity index is 1.85. The number of carboxylic acid groups (broad SMARTS) is 1. The highest BCUT2D eigenvalue weighted by atomic mass is 35.5. The molecule has 1 heterocycles. The van der Waals surface area contributed by atoms with Crippen molar-refractivity contribution in [3.63, 3.8) is 0 Å². The largest absolute Gasteiger partial charge is 0.494 e. The maximum absolute atomic E-state index is 13.4. The molecule has 1 N–H and O–H groups in total. The molecular weight excluding hydrogens is 404 g/mol. The topological polar surface area (TPSA) is 73.5 Å². The number of rotatable bonds is 6. The smallest absolute Gasteiger partial charge is 0.335 e. The SMILES string of the molecule is CCOc1ccc(-n2c(=O)n(Cc3cccc(C(=O)O)c3)c3ccc(Cl)cc32)cc1. The number of fused-ring (bicyclic) bond motifs is 1. The fourth-order valence-corrected chi connectivity index (χ4v) is 3.64. The number of benzene rings is 3. The summed E-state index contributed by atoms with van der Waals surface area (Å²) in [7, 11) is 0. The zero-order valence-electron chi connectivity index (χ0n) is 16.2. The Kier molecular flexibility index (Phi) is 5.33. The fraction of sp³-hybridized carbons (Fsp3) is 0.130. The normalized spacial score (nSPS) is 11.0. The molecule has 0 saturated heterocycles. The van der Waals surface area contributed by atoms with Crippen molar-refractivity contribution in [2.24, 2.45) is 0 Å². The highest BCUT2D eigenvalue weighted by molar-refractivity contribution is 6.31. The molecule has 0 bridgehead atoms. The van der Waals surface area contributed by atoms with Crippen LogP contribution in [0.5, 0.6) is 5.75 Å². The zero-order chi connectivity index (χ0) is 21.3. The Labute approximate surface area is 177 Å². The van der Waals surface area contributed by atoms with E-state index in [4.69, 9.17) is 16.3 Å². The summed E-state index contributed by atoms with van der Waals surface area (Å²) in [5.74, 6) is -0.283. The van der Waals surface area contributed by atoms with E-state index >= 15 is 0 Å². The van der Waals surface area contributed by atoms with Gasteiger partial charge in [-0.25, -0.2) is 9.59 Å². The predicted molar refractivity (Wildman–Crippen MR) is 116 cm³/mol. The average Bonchev–Trinajstić information content (AvgIpc) is 3.00. The monoisotopic (exact) mass is 422 g/mol. The molecule has 0 aliphatic heterocycles. The summed E-state index contributed by atoms with van der Waals surface area (Å²) in [4.78, 5) is 24.7. The van der Waals surface area contributed by atoms with Gasteiger partial charge in [-0.1, -0.05) is 23.7 Å². The maximum atomic E-state index is 13.4. The third-order valence-electron chi connectivity index (χ3n) is 4.81. The fourth-order valence-electron chi connectivity index (χ4n) is 3.48. The van der Waals surface area contributed by atoms with E-state index in [1.807, 2.05) is 31.2 Å². The van der Waals surface area contributed by atoms with Crippen LogP contribution < -0.4 is 10.4 Å². The highest BCUT2D eigenvalue weighted by Crippen LogP contribution is 2.24. The van der Waals surface area contributed by atoms with E-state index in [9.17, 15) is 14.7 Å². The molecule has 30 heavy (non-hydrogen) atoms. The Morgan fingerprint density at radius 1 is 1.03 bits per heavy atom. The van der Waals surface area contributed by atoms with Crippen molar-refractivity contribution in [2.45, 2.75) is 13.5 Å². The van der Waals surface area contributed by atoms with Gasteiger partial charge in [-0.3, -0.25) is 9.13 Å². The van der Waals surface area contributed by atoms with E-state index in [1.54, 1.807) is 45.5 Å². The van der Waals surface area contributed by atoms with Gasteiger partial charge in [0.15, 0.2) is 0 Å². The van der Waals surface area contributed by atoms with E-state index in [-0.39, 0.29) is 17.8 Å². The van der Waals surface area contributed by atoms with Gasteiger partial charge >= 0.3 is 11.7 Å². The van der Waals surface area contributed by atoms with Crippen molar-refractivity contribution in [1.29, 1.82) is 0 Å². The van der Waals surface area contributed by atoms with E-state index in [0.29, 0.717) is 28.4 Å². The second-order valence-electron chi connectivity index (χ2n) is 6.77. The summed E-state index contributed by atoms with van der Waals surface area (Å²) in [6.07, 6.45) is 0. The van der Waals surface area contributed by atoms with Gasteiger partial charge in [0.05, 0.1) is 35.4 Å². The molecular formula is C23H19ClN2O4. The lowest BCUT2D eigenvalue weighted by Crippen LogP contribution is -2.23. The third kappa shape index (κ3) is 3.69. The first-order valence-corrected chi connectivity index (χ1v) is 9.82. The van der Waals surface area contributed by atoms with Gasteiger partial charge < -0.3 is 9.84 Å². The Morgan fingerprint density at radius 2 is 1.80 bits per heavy atom. The molecule has 6 nitrogen and oxygen atoms in total. The van der Waals surface area contributed by atoms with Crippen molar-refractivity contribution in [1.82, 2.24) is 9.13 Å². The first-order chi connectivity index (χ1) is 14.5. The minimum atomic E-state index is -1.01. The number of aromatic carboxylic acids is 1. The number of halogens is 1. The lowest BCUT2D eigenvalue weighted by molar-refractivity contribution is 0.0696. The molecule has 0 aliphatic rings. The number of carboxylic acids is 1. The molecule has 0 spiro atoms. The molecule has 3 aromatic carbocycles. The predicted octanol–water partition coefficient (Wildman–Crippen LogP) is 4.59. The van der Waals surface area contributed by atoms with Crippen molar-refractivity contribution in [3.05, 3.63) is 93.4 Å². The van der Waals surface area contributed by atoms with Crippen LogP contribution >= 0.6 is 11.6 Å². The van der Waals surface area contributed by atoms with Crippen LogP contribution in [-0.2, 0) is 6.54 Å². The summed E-state index contributed by atoms with van der Waals surface area (Å²) in [6.45, 7) is 2.71. The molecule has 4 rings (SSSR count). The molecule has 0 saturated carbocycles. The van der Waals surface area contributed by atoms with Gasteiger partial charge in [-0.15, -0.1) is 0 Å². The van der Waals surface area contributed by atoms with Crippen LogP contribution in [0.4, 0.5) is 0 Å². The summed E-state index contributed by atoms with van der Waals surface area (Å²) in [5, 5.41) is 9.77. The molecule has 0 fully saturated rings. The van der Waals surface area contributed by atoms with Crippen LogP contribution in [0.15, 0.2) is 71.5 Å². The van der Waals surface area contributed by atoms with E-state index in [2.05, 4.69) is 0 Å². The summed E-state index contributed by atoms with van der Waals surface area (Å²) in [5.41, 5.74) is 2.73. The van der Waals surface area contributed by atoms with E-state index in [0.717, 1.165) is 11.3 Å². The van der Waals surface area contributed by atoms with Crippen LogP contribution in [0.3, 0.4) is 0 Å². The highest BCUT2D eigenvalue weighted by Gasteiger charge is 2.16. The van der Waals surface area contributed by atoms with Crippen molar-refractivity contribution in [3.8, 4) is 11.4 Å². The molecule has 0 unspecified atom stereocenters. The van der Waals surface area contributed by atoms with Crippen LogP contribution in [0, 0.1) is 0 Å². The van der Waals surface area contributed by atoms with Crippen molar-refractivity contribution in [2.75, 3.05) is 6.61 Å². The Hall–Kier alpha value is -3.51. The maximum Gasteiger partial charge on any atom is 0.335 e. The lowest BCUT2D eigenvalue weighted by Gasteiger charge is -2.06. The van der Waals surface area contributed by atoms with Gasteiger partial charge in [0.25, 0.3) is 0 Å². The minimum Gasteiger partial charge on any atom is -0.494 e. The lowest BCUT2D eigenvalue weighted by atomic mass is 10.1. The first kappa shape index (κ1) is 19.8. The van der Waals surface area contributed by atoms with Gasteiger partial charge in [0, 0.05) is 5.02 Å². The molecule has 7 heteroatoms.